The normalized spacial score (nSPS) is 16.5. The lowest BCUT2D eigenvalue weighted by Crippen LogP contribution is -2.27. The number of likely N-dealkylation sites (tertiary alicyclic amines) is 1. The van der Waals surface area contributed by atoms with Gasteiger partial charge in [0.15, 0.2) is 0 Å². The van der Waals surface area contributed by atoms with Gasteiger partial charge in [0, 0.05) is 24.3 Å². The first-order valence-electron chi connectivity index (χ1n) is 9.07. The predicted molar refractivity (Wildman–Crippen MR) is 101 cm³/mol. The number of anilines is 1. The van der Waals surface area contributed by atoms with Gasteiger partial charge >= 0.3 is 0 Å². The van der Waals surface area contributed by atoms with Gasteiger partial charge in [-0.2, -0.15) is 0 Å². The van der Waals surface area contributed by atoms with Crippen LogP contribution in [0.4, 0.5) is 5.69 Å². The van der Waals surface area contributed by atoms with Crippen molar-refractivity contribution in [1.29, 1.82) is 0 Å². The number of fused-ring (bicyclic) bond motifs is 1. The summed E-state index contributed by atoms with van der Waals surface area (Å²) in [6, 6.07) is 12.0. The van der Waals surface area contributed by atoms with Crippen molar-refractivity contribution >= 4 is 21.6 Å². The van der Waals surface area contributed by atoms with Crippen LogP contribution in [0, 0.1) is 0 Å². The topological polar surface area (TPSA) is 66.5 Å². The Hall–Kier alpha value is -2.34. The van der Waals surface area contributed by atoms with Crippen molar-refractivity contribution in [3.8, 4) is 0 Å². The van der Waals surface area contributed by atoms with Gasteiger partial charge in [0.25, 0.3) is 15.9 Å². The number of carbonyl (C=O) groups excluding carboxylic acids is 1. The molecule has 1 heterocycles. The van der Waals surface area contributed by atoms with Crippen LogP contribution in [0.5, 0.6) is 0 Å². The van der Waals surface area contributed by atoms with Crippen molar-refractivity contribution in [3.05, 3.63) is 59.2 Å². The van der Waals surface area contributed by atoms with Gasteiger partial charge in [-0.3, -0.25) is 9.52 Å². The maximum absolute atomic E-state index is 12.6. The summed E-state index contributed by atoms with van der Waals surface area (Å²) < 4.78 is 27.9. The summed E-state index contributed by atoms with van der Waals surface area (Å²) in [6.07, 6.45) is 5.13. The molecule has 0 atom stereocenters. The number of hydrogen-bond donors (Lipinski definition) is 1. The van der Waals surface area contributed by atoms with E-state index in [-0.39, 0.29) is 10.8 Å². The summed E-state index contributed by atoms with van der Waals surface area (Å²) in [7, 11) is -3.63. The first kappa shape index (κ1) is 17.1. The molecule has 26 heavy (non-hydrogen) atoms. The van der Waals surface area contributed by atoms with Crippen LogP contribution in [0.2, 0.25) is 0 Å². The number of rotatable bonds is 4. The summed E-state index contributed by atoms with van der Waals surface area (Å²) in [6.45, 7) is 1.59. The average molecular weight is 370 g/mol. The maximum atomic E-state index is 12.6. The number of carbonyl (C=O) groups is 1. The fourth-order valence-corrected chi connectivity index (χ4v) is 4.82. The Morgan fingerprint density at radius 2 is 1.58 bits per heavy atom. The van der Waals surface area contributed by atoms with Gasteiger partial charge in [0.2, 0.25) is 0 Å². The minimum Gasteiger partial charge on any atom is -0.339 e. The monoisotopic (exact) mass is 370 g/mol. The molecule has 1 N–H and O–H groups in total. The number of nitrogens with one attached hydrogen (secondary N) is 1. The van der Waals surface area contributed by atoms with Crippen molar-refractivity contribution in [2.75, 3.05) is 17.8 Å². The summed E-state index contributed by atoms with van der Waals surface area (Å²) in [5, 5.41) is 0. The number of amides is 1. The quantitative estimate of drug-likeness (QED) is 0.899. The van der Waals surface area contributed by atoms with Crippen LogP contribution in [-0.4, -0.2) is 32.3 Å². The zero-order chi connectivity index (χ0) is 18.1. The lowest BCUT2D eigenvalue weighted by Gasteiger charge is -2.15. The van der Waals surface area contributed by atoms with Crippen molar-refractivity contribution in [2.24, 2.45) is 0 Å². The molecule has 0 aromatic heterocycles. The molecule has 1 aliphatic heterocycles. The summed E-state index contributed by atoms with van der Waals surface area (Å²) in [5.41, 5.74) is 3.42. The zero-order valence-electron chi connectivity index (χ0n) is 14.6. The van der Waals surface area contributed by atoms with E-state index in [0.29, 0.717) is 11.3 Å². The first-order valence-corrected chi connectivity index (χ1v) is 10.6. The average Bonchev–Trinajstić information content (AvgIpc) is 3.32. The van der Waals surface area contributed by atoms with Crippen LogP contribution in [0.15, 0.2) is 47.4 Å². The van der Waals surface area contributed by atoms with Crippen LogP contribution in [0.3, 0.4) is 0 Å². The number of hydrogen-bond acceptors (Lipinski definition) is 3. The number of benzene rings is 2. The van der Waals surface area contributed by atoms with Crippen LogP contribution in [-0.2, 0) is 22.9 Å². The third kappa shape index (κ3) is 3.33. The molecule has 2 aliphatic rings. The molecule has 2 aromatic rings. The van der Waals surface area contributed by atoms with Gasteiger partial charge in [0.05, 0.1) is 4.90 Å². The summed E-state index contributed by atoms with van der Waals surface area (Å²) >= 11 is 0. The van der Waals surface area contributed by atoms with Gasteiger partial charge in [-0.1, -0.05) is 6.07 Å². The largest absolute Gasteiger partial charge is 0.339 e. The molecule has 0 unspecified atom stereocenters. The van der Waals surface area contributed by atoms with E-state index >= 15 is 0 Å². The van der Waals surface area contributed by atoms with E-state index in [4.69, 9.17) is 0 Å². The van der Waals surface area contributed by atoms with Crippen molar-refractivity contribution in [3.63, 3.8) is 0 Å². The first-order chi connectivity index (χ1) is 12.5. The molecule has 4 rings (SSSR count). The van der Waals surface area contributed by atoms with E-state index in [1.54, 1.807) is 36.4 Å². The summed E-state index contributed by atoms with van der Waals surface area (Å²) in [4.78, 5) is 14.5. The Bertz CT molecular complexity index is 930. The molecule has 0 radical (unpaired) electrons. The van der Waals surface area contributed by atoms with E-state index in [9.17, 15) is 13.2 Å². The van der Waals surface area contributed by atoms with Gasteiger partial charge in [-0.05, 0) is 79.6 Å². The molecular formula is C20H22N2O3S. The molecule has 1 fully saturated rings. The Labute approximate surface area is 154 Å². The molecular weight excluding hydrogens is 348 g/mol. The molecule has 0 spiro atoms. The Morgan fingerprint density at radius 3 is 2.31 bits per heavy atom. The van der Waals surface area contributed by atoms with E-state index in [1.165, 1.54) is 5.56 Å². The van der Waals surface area contributed by atoms with Gasteiger partial charge < -0.3 is 4.90 Å². The number of nitrogens with zero attached hydrogens (tertiary/aromatic N) is 1. The minimum absolute atomic E-state index is 0.00975. The zero-order valence-corrected chi connectivity index (χ0v) is 15.4. The van der Waals surface area contributed by atoms with Crippen molar-refractivity contribution < 1.29 is 13.2 Å². The lowest BCUT2D eigenvalue weighted by atomic mass is 10.1. The Morgan fingerprint density at radius 1 is 0.885 bits per heavy atom. The smallest absolute Gasteiger partial charge is 0.261 e. The fraction of sp³-hybridized carbons (Fsp3) is 0.350. The molecule has 2 aromatic carbocycles. The molecule has 5 nitrogen and oxygen atoms in total. The summed E-state index contributed by atoms with van der Waals surface area (Å²) in [5.74, 6) is 0.00975. The minimum atomic E-state index is -3.63. The highest BCUT2D eigenvalue weighted by molar-refractivity contribution is 7.92. The van der Waals surface area contributed by atoms with Crippen LogP contribution in [0.25, 0.3) is 0 Å². The van der Waals surface area contributed by atoms with Crippen molar-refractivity contribution in [2.45, 2.75) is 37.0 Å². The van der Waals surface area contributed by atoms with Crippen LogP contribution >= 0.6 is 0 Å². The molecule has 6 heteroatoms. The predicted octanol–water partition coefficient (Wildman–Crippen LogP) is 3.21. The second kappa shape index (κ2) is 6.76. The highest BCUT2D eigenvalue weighted by Crippen LogP contribution is 2.26. The number of sulfonamides is 1. The molecule has 0 saturated carbocycles. The fourth-order valence-electron chi connectivity index (χ4n) is 3.71. The maximum Gasteiger partial charge on any atom is 0.261 e. The Kier molecular flexibility index (Phi) is 4.44. The molecule has 136 valence electrons. The second-order valence-corrected chi connectivity index (χ2v) is 8.65. The molecule has 1 amide bonds. The van der Waals surface area contributed by atoms with Gasteiger partial charge in [-0.25, -0.2) is 8.42 Å². The van der Waals surface area contributed by atoms with Crippen molar-refractivity contribution in [1.82, 2.24) is 4.90 Å². The van der Waals surface area contributed by atoms with Gasteiger partial charge in [-0.15, -0.1) is 0 Å². The van der Waals surface area contributed by atoms with Crippen LogP contribution in [0.1, 0.15) is 40.7 Å². The highest BCUT2D eigenvalue weighted by Gasteiger charge is 2.21. The second-order valence-electron chi connectivity index (χ2n) is 6.97. The van der Waals surface area contributed by atoms with Crippen LogP contribution < -0.4 is 4.72 Å². The molecule has 1 aliphatic carbocycles. The van der Waals surface area contributed by atoms with E-state index in [2.05, 4.69) is 4.72 Å². The lowest BCUT2D eigenvalue weighted by molar-refractivity contribution is 0.0793. The number of aryl methyl sites for hydroxylation is 2. The molecule has 0 bridgehead atoms. The van der Waals surface area contributed by atoms with Gasteiger partial charge in [0.1, 0.15) is 0 Å². The van der Waals surface area contributed by atoms with E-state index < -0.39 is 10.0 Å². The van der Waals surface area contributed by atoms with E-state index in [0.717, 1.165) is 50.8 Å². The Balaban J connectivity index is 1.50. The standard InChI is InChI=1S/C20H22N2O3S/c23-20(22-12-1-2-13-22)16-6-9-18(10-7-16)21-26(24,25)19-11-8-15-4-3-5-17(15)14-19/h6-11,14,21H,1-5,12-13H2. The third-order valence-electron chi connectivity index (χ3n) is 5.16. The van der Waals surface area contributed by atoms with E-state index in [1.807, 2.05) is 11.0 Å². The third-order valence-corrected chi connectivity index (χ3v) is 6.54. The highest BCUT2D eigenvalue weighted by atomic mass is 32.2. The molecule has 1 saturated heterocycles. The SMILES string of the molecule is O=C(c1ccc(NS(=O)(=O)c2ccc3c(c2)CCC3)cc1)N1CCCC1.